The molecule has 1 N–H and O–H groups in total. The minimum Gasteiger partial charge on any atom is -0.385 e. The van der Waals surface area contributed by atoms with Crippen LogP contribution in [0.1, 0.15) is 17.5 Å². The molecule has 0 spiro atoms. The van der Waals surface area contributed by atoms with Gasteiger partial charge >= 0.3 is 0 Å². The standard InChI is InChI=1S/C11H12N2O2S/c1-16(14,15)11-8(7-12)4-5-10-9(11)3-2-6-13-10/h4-5,13H,2-3,6H2,1H3. The van der Waals surface area contributed by atoms with E-state index in [1.807, 2.05) is 6.07 Å². The Kier molecular flexibility index (Phi) is 2.60. The monoisotopic (exact) mass is 236 g/mol. The SMILES string of the molecule is CS(=O)(=O)c1c(C#N)ccc2c1CCCN2. The lowest BCUT2D eigenvalue weighted by Gasteiger charge is -2.20. The van der Waals surface area contributed by atoms with Crippen LogP contribution in [0.15, 0.2) is 17.0 Å². The van der Waals surface area contributed by atoms with Gasteiger partial charge in [0.1, 0.15) is 6.07 Å². The quantitative estimate of drug-likeness (QED) is 0.798. The largest absolute Gasteiger partial charge is 0.385 e. The molecule has 0 unspecified atom stereocenters. The molecule has 0 amide bonds. The van der Waals surface area contributed by atoms with E-state index in [-0.39, 0.29) is 10.5 Å². The summed E-state index contributed by atoms with van der Waals surface area (Å²) in [6, 6.07) is 5.29. The van der Waals surface area contributed by atoms with Crippen molar-refractivity contribution < 1.29 is 8.42 Å². The van der Waals surface area contributed by atoms with Crippen LogP contribution < -0.4 is 5.32 Å². The van der Waals surface area contributed by atoms with Crippen LogP contribution >= 0.6 is 0 Å². The number of sulfone groups is 1. The predicted octanol–water partition coefficient (Wildman–Crippen LogP) is 1.32. The minimum atomic E-state index is -3.35. The molecule has 4 nitrogen and oxygen atoms in total. The summed E-state index contributed by atoms with van der Waals surface area (Å²) in [7, 11) is -3.35. The van der Waals surface area contributed by atoms with Crippen LogP contribution in [0.2, 0.25) is 0 Å². The highest BCUT2D eigenvalue weighted by Gasteiger charge is 2.22. The molecule has 1 aromatic rings. The minimum absolute atomic E-state index is 0.194. The molecule has 0 aliphatic carbocycles. The Morgan fingerprint density at radius 3 is 2.81 bits per heavy atom. The first-order chi connectivity index (χ1) is 7.54. The summed E-state index contributed by atoms with van der Waals surface area (Å²) in [6.07, 6.45) is 2.75. The van der Waals surface area contributed by atoms with Crippen LogP contribution in [0, 0.1) is 11.3 Å². The number of nitrogens with one attached hydrogen (secondary N) is 1. The number of nitrogens with zero attached hydrogens (tertiary/aromatic N) is 1. The van der Waals surface area contributed by atoms with Gasteiger partial charge in [-0.3, -0.25) is 0 Å². The van der Waals surface area contributed by atoms with Gasteiger partial charge in [-0.1, -0.05) is 0 Å². The first-order valence-electron chi connectivity index (χ1n) is 5.04. The van der Waals surface area contributed by atoms with Gasteiger partial charge in [0, 0.05) is 18.5 Å². The number of benzene rings is 1. The van der Waals surface area contributed by atoms with Crippen LogP contribution in [0.4, 0.5) is 5.69 Å². The lowest BCUT2D eigenvalue weighted by Crippen LogP contribution is -2.16. The highest BCUT2D eigenvalue weighted by atomic mass is 32.2. The molecule has 1 heterocycles. The van der Waals surface area contributed by atoms with Crippen molar-refractivity contribution in [2.24, 2.45) is 0 Å². The van der Waals surface area contributed by atoms with E-state index >= 15 is 0 Å². The zero-order valence-electron chi connectivity index (χ0n) is 8.95. The normalized spacial score (nSPS) is 14.8. The van der Waals surface area contributed by atoms with Gasteiger partial charge in [-0.05, 0) is 30.5 Å². The lowest BCUT2D eigenvalue weighted by atomic mass is 10.0. The Morgan fingerprint density at radius 2 is 2.19 bits per heavy atom. The van der Waals surface area contributed by atoms with E-state index in [2.05, 4.69) is 5.32 Å². The van der Waals surface area contributed by atoms with Crippen molar-refractivity contribution in [3.05, 3.63) is 23.3 Å². The van der Waals surface area contributed by atoms with Crippen LogP contribution in [0.5, 0.6) is 0 Å². The number of nitriles is 1. The second kappa shape index (κ2) is 3.80. The molecule has 1 aliphatic heterocycles. The molecule has 0 atom stereocenters. The summed E-state index contributed by atoms with van der Waals surface area (Å²) in [4.78, 5) is 0.194. The molecule has 0 fully saturated rings. The molecular weight excluding hydrogens is 224 g/mol. The lowest BCUT2D eigenvalue weighted by molar-refractivity contribution is 0.599. The Morgan fingerprint density at radius 1 is 1.44 bits per heavy atom. The topological polar surface area (TPSA) is 70.0 Å². The predicted molar refractivity (Wildman–Crippen MR) is 61.1 cm³/mol. The van der Waals surface area contributed by atoms with Crippen molar-refractivity contribution in [1.29, 1.82) is 5.26 Å². The summed E-state index contributed by atoms with van der Waals surface area (Å²) in [5.74, 6) is 0. The molecule has 0 bridgehead atoms. The molecular formula is C11H12N2O2S. The zero-order valence-corrected chi connectivity index (χ0v) is 9.76. The fourth-order valence-corrected chi connectivity index (χ4v) is 3.21. The van der Waals surface area contributed by atoms with Gasteiger partial charge < -0.3 is 5.32 Å². The number of hydrogen-bond acceptors (Lipinski definition) is 4. The van der Waals surface area contributed by atoms with E-state index in [9.17, 15) is 8.42 Å². The molecule has 84 valence electrons. The van der Waals surface area contributed by atoms with Crippen LogP contribution in [0.3, 0.4) is 0 Å². The highest BCUT2D eigenvalue weighted by molar-refractivity contribution is 7.90. The third-order valence-electron chi connectivity index (χ3n) is 2.67. The molecule has 1 aliphatic rings. The molecule has 2 rings (SSSR count). The molecule has 0 aromatic heterocycles. The van der Waals surface area contributed by atoms with E-state index < -0.39 is 9.84 Å². The molecule has 0 saturated heterocycles. The average Bonchev–Trinajstić information content (AvgIpc) is 2.26. The van der Waals surface area contributed by atoms with Gasteiger partial charge in [-0.25, -0.2) is 8.42 Å². The van der Waals surface area contributed by atoms with Crippen LogP contribution in [-0.2, 0) is 16.3 Å². The Balaban J connectivity index is 2.77. The molecule has 1 aromatic carbocycles. The average molecular weight is 236 g/mol. The van der Waals surface area contributed by atoms with E-state index in [1.54, 1.807) is 12.1 Å². The maximum absolute atomic E-state index is 11.7. The maximum atomic E-state index is 11.7. The summed E-state index contributed by atoms with van der Waals surface area (Å²) in [5.41, 5.74) is 1.84. The molecule has 0 radical (unpaired) electrons. The fourth-order valence-electron chi connectivity index (χ4n) is 2.04. The number of hydrogen-bond donors (Lipinski definition) is 1. The van der Waals surface area contributed by atoms with E-state index in [0.717, 1.165) is 30.5 Å². The van der Waals surface area contributed by atoms with Gasteiger partial charge in [-0.2, -0.15) is 5.26 Å². The summed E-state index contributed by atoms with van der Waals surface area (Å²) < 4.78 is 23.4. The second-order valence-corrected chi connectivity index (χ2v) is 5.84. The van der Waals surface area contributed by atoms with Gasteiger partial charge in [-0.15, -0.1) is 0 Å². The Labute approximate surface area is 94.8 Å². The van der Waals surface area contributed by atoms with Gasteiger partial charge in [0.05, 0.1) is 10.5 Å². The number of rotatable bonds is 1. The van der Waals surface area contributed by atoms with Gasteiger partial charge in [0.2, 0.25) is 0 Å². The van der Waals surface area contributed by atoms with E-state index in [0.29, 0.717) is 6.42 Å². The van der Waals surface area contributed by atoms with Crippen molar-refractivity contribution in [3.63, 3.8) is 0 Å². The second-order valence-electron chi connectivity index (χ2n) is 3.88. The van der Waals surface area contributed by atoms with Gasteiger partial charge in [0.25, 0.3) is 0 Å². The van der Waals surface area contributed by atoms with Crippen molar-refractivity contribution >= 4 is 15.5 Å². The summed E-state index contributed by atoms with van der Waals surface area (Å²) in [5, 5.41) is 12.1. The highest BCUT2D eigenvalue weighted by Crippen LogP contribution is 2.31. The van der Waals surface area contributed by atoms with Crippen LogP contribution in [0.25, 0.3) is 0 Å². The smallest absolute Gasteiger partial charge is 0.177 e. The molecule has 5 heteroatoms. The Hall–Kier alpha value is -1.54. The zero-order chi connectivity index (χ0) is 11.8. The van der Waals surface area contributed by atoms with Crippen molar-refractivity contribution in [2.75, 3.05) is 18.1 Å². The first-order valence-corrected chi connectivity index (χ1v) is 6.93. The number of anilines is 1. The first kappa shape index (κ1) is 11.0. The van der Waals surface area contributed by atoms with Crippen LogP contribution in [-0.4, -0.2) is 21.2 Å². The van der Waals surface area contributed by atoms with E-state index in [1.165, 1.54) is 0 Å². The third-order valence-corrected chi connectivity index (χ3v) is 3.88. The van der Waals surface area contributed by atoms with Crippen molar-refractivity contribution in [3.8, 4) is 6.07 Å². The fraction of sp³-hybridized carbons (Fsp3) is 0.364. The number of fused-ring (bicyclic) bond motifs is 1. The molecule has 16 heavy (non-hydrogen) atoms. The Bertz CT molecular complexity index is 570. The van der Waals surface area contributed by atoms with E-state index in [4.69, 9.17) is 5.26 Å². The molecule has 0 saturated carbocycles. The third kappa shape index (κ3) is 1.76. The summed E-state index contributed by atoms with van der Waals surface area (Å²) >= 11 is 0. The van der Waals surface area contributed by atoms with Crippen molar-refractivity contribution in [1.82, 2.24) is 0 Å². The van der Waals surface area contributed by atoms with Gasteiger partial charge in [0.15, 0.2) is 9.84 Å². The summed E-state index contributed by atoms with van der Waals surface area (Å²) in [6.45, 7) is 0.849. The maximum Gasteiger partial charge on any atom is 0.177 e. The van der Waals surface area contributed by atoms with Crippen molar-refractivity contribution in [2.45, 2.75) is 17.7 Å².